The van der Waals surface area contributed by atoms with E-state index in [-0.39, 0.29) is 12.3 Å². The highest BCUT2D eigenvalue weighted by Crippen LogP contribution is 2.19. The lowest BCUT2D eigenvalue weighted by atomic mass is 10.1. The topological polar surface area (TPSA) is 83.0 Å². The van der Waals surface area contributed by atoms with Gasteiger partial charge in [-0.25, -0.2) is 4.98 Å². The van der Waals surface area contributed by atoms with Crippen LogP contribution in [0.5, 0.6) is 0 Å². The van der Waals surface area contributed by atoms with E-state index in [9.17, 15) is 9.59 Å². The number of amides is 1. The van der Waals surface area contributed by atoms with Gasteiger partial charge in [-0.2, -0.15) is 0 Å². The number of nitrogens with zero attached hydrogens (tertiary/aromatic N) is 3. The monoisotopic (exact) mass is 347 g/mol. The van der Waals surface area contributed by atoms with E-state index in [1.807, 2.05) is 12.1 Å². The molecule has 25 heavy (non-hydrogen) atoms. The number of rotatable bonds is 4. The second-order valence-electron chi connectivity index (χ2n) is 6.65. The number of carboxylic acids is 1. The zero-order valence-corrected chi connectivity index (χ0v) is 14.4. The van der Waals surface area contributed by atoms with E-state index in [0.29, 0.717) is 25.3 Å². The first kappa shape index (κ1) is 17.7. The molecule has 0 aromatic carbocycles. The Labute approximate surface area is 147 Å². The van der Waals surface area contributed by atoms with Crippen molar-refractivity contribution in [1.82, 2.24) is 9.88 Å². The van der Waals surface area contributed by atoms with Gasteiger partial charge in [0.25, 0.3) is 5.91 Å². The largest absolute Gasteiger partial charge is 0.481 e. The molecule has 1 amide bonds. The first-order chi connectivity index (χ1) is 12.1. The van der Waals surface area contributed by atoms with Gasteiger partial charge < -0.3 is 19.6 Å². The summed E-state index contributed by atoms with van der Waals surface area (Å²) in [6, 6.07) is 3.73. The van der Waals surface area contributed by atoms with Gasteiger partial charge in [0.15, 0.2) is 0 Å². The number of hydrogen-bond acceptors (Lipinski definition) is 5. The highest BCUT2D eigenvalue weighted by atomic mass is 16.5. The summed E-state index contributed by atoms with van der Waals surface area (Å²) in [5.41, 5.74) is 0.537. The van der Waals surface area contributed by atoms with Crippen molar-refractivity contribution in [1.29, 1.82) is 0 Å². The number of aliphatic carboxylic acids is 1. The Hall–Kier alpha value is -2.15. The molecule has 7 nitrogen and oxygen atoms in total. The molecular formula is C18H25N3O4. The molecule has 2 aliphatic rings. The summed E-state index contributed by atoms with van der Waals surface area (Å²) in [5.74, 6) is -0.111. The van der Waals surface area contributed by atoms with Crippen LogP contribution in [0.3, 0.4) is 0 Å². The maximum absolute atomic E-state index is 12.6. The third-order valence-corrected chi connectivity index (χ3v) is 4.75. The Kier molecular flexibility index (Phi) is 5.86. The first-order valence-electron chi connectivity index (χ1n) is 8.97. The highest BCUT2D eigenvalue weighted by Gasteiger charge is 2.26. The van der Waals surface area contributed by atoms with Crippen molar-refractivity contribution >= 4 is 17.7 Å². The summed E-state index contributed by atoms with van der Waals surface area (Å²) in [6.07, 6.45) is 5.99. The van der Waals surface area contributed by atoms with Gasteiger partial charge >= 0.3 is 5.97 Å². The molecule has 2 aliphatic heterocycles. The molecule has 3 rings (SSSR count). The van der Waals surface area contributed by atoms with Crippen LogP contribution in [0.15, 0.2) is 18.3 Å². The van der Waals surface area contributed by atoms with Gasteiger partial charge in [-0.1, -0.05) is 12.8 Å². The lowest BCUT2D eigenvalue weighted by Gasteiger charge is -2.32. The fourth-order valence-corrected chi connectivity index (χ4v) is 3.40. The third-order valence-electron chi connectivity index (χ3n) is 4.75. The summed E-state index contributed by atoms with van der Waals surface area (Å²) >= 11 is 0. The van der Waals surface area contributed by atoms with Crippen LogP contribution in [0.25, 0.3) is 0 Å². The van der Waals surface area contributed by atoms with Crippen molar-refractivity contribution < 1.29 is 19.4 Å². The van der Waals surface area contributed by atoms with E-state index in [2.05, 4.69) is 9.88 Å². The number of carboxylic acid groups (broad SMARTS) is 1. The normalized spacial score (nSPS) is 21.7. The van der Waals surface area contributed by atoms with E-state index in [4.69, 9.17) is 9.84 Å². The average Bonchev–Trinajstić information content (AvgIpc) is 2.90. The summed E-state index contributed by atoms with van der Waals surface area (Å²) in [7, 11) is 0. The van der Waals surface area contributed by atoms with E-state index >= 15 is 0 Å². The molecule has 1 aromatic heterocycles. The van der Waals surface area contributed by atoms with Gasteiger partial charge in [-0.05, 0) is 25.0 Å². The lowest BCUT2D eigenvalue weighted by Crippen LogP contribution is -2.46. The minimum absolute atomic E-state index is 0.0874. The van der Waals surface area contributed by atoms with Crippen molar-refractivity contribution in [3.05, 3.63) is 23.9 Å². The van der Waals surface area contributed by atoms with Crippen LogP contribution in [-0.2, 0) is 9.53 Å². The van der Waals surface area contributed by atoms with Gasteiger partial charge in [0.05, 0.1) is 24.7 Å². The zero-order valence-electron chi connectivity index (χ0n) is 14.4. The van der Waals surface area contributed by atoms with Gasteiger partial charge in [-0.15, -0.1) is 0 Å². The molecule has 2 saturated heterocycles. The number of anilines is 1. The number of hydrogen-bond donors (Lipinski definition) is 1. The van der Waals surface area contributed by atoms with Crippen LogP contribution < -0.4 is 4.90 Å². The Bertz CT molecular complexity index is 597. The predicted octanol–water partition coefficient (Wildman–Crippen LogP) is 1.78. The number of carbonyl (C=O) groups excluding carboxylic acids is 1. The van der Waals surface area contributed by atoms with Crippen molar-refractivity contribution in [3.63, 3.8) is 0 Å². The number of aromatic nitrogens is 1. The molecular weight excluding hydrogens is 322 g/mol. The van der Waals surface area contributed by atoms with Gasteiger partial charge in [0, 0.05) is 32.4 Å². The standard InChI is InChI=1S/C18H25N3O4/c22-17(23)11-15-13-21(9-10-25-15)18(24)14-5-6-16(19-12-14)20-7-3-1-2-4-8-20/h5-6,12,15H,1-4,7-11,13H2,(H,22,23). The predicted molar refractivity (Wildman–Crippen MR) is 92.8 cm³/mol. The maximum atomic E-state index is 12.6. The van der Waals surface area contributed by atoms with Crippen LogP contribution >= 0.6 is 0 Å². The lowest BCUT2D eigenvalue weighted by molar-refractivity contribution is -0.141. The van der Waals surface area contributed by atoms with Gasteiger partial charge in [0.2, 0.25) is 0 Å². The molecule has 3 heterocycles. The van der Waals surface area contributed by atoms with Crippen LogP contribution in [0.4, 0.5) is 5.82 Å². The summed E-state index contributed by atoms with van der Waals surface area (Å²) in [6.45, 7) is 3.17. The fraction of sp³-hybridized carbons (Fsp3) is 0.611. The van der Waals surface area contributed by atoms with E-state index in [0.717, 1.165) is 18.9 Å². The molecule has 7 heteroatoms. The molecule has 0 saturated carbocycles. The highest BCUT2D eigenvalue weighted by molar-refractivity contribution is 5.94. The molecule has 0 spiro atoms. The number of ether oxygens (including phenoxy) is 1. The quantitative estimate of drug-likeness (QED) is 0.894. The van der Waals surface area contributed by atoms with Crippen molar-refractivity contribution in [2.24, 2.45) is 0 Å². The van der Waals surface area contributed by atoms with Gasteiger partial charge in [-0.3, -0.25) is 9.59 Å². The van der Waals surface area contributed by atoms with Gasteiger partial charge in [0.1, 0.15) is 5.82 Å². The SMILES string of the molecule is O=C(O)CC1CN(C(=O)c2ccc(N3CCCCCC3)nc2)CCO1. The molecule has 136 valence electrons. The zero-order chi connectivity index (χ0) is 17.6. The van der Waals surface area contributed by atoms with Crippen molar-refractivity contribution in [3.8, 4) is 0 Å². The molecule has 0 aliphatic carbocycles. The van der Waals surface area contributed by atoms with E-state index < -0.39 is 12.1 Å². The molecule has 0 bridgehead atoms. The second-order valence-corrected chi connectivity index (χ2v) is 6.65. The minimum atomic E-state index is -0.914. The Balaban J connectivity index is 1.62. The number of carbonyl (C=O) groups is 2. The molecule has 2 fully saturated rings. The first-order valence-corrected chi connectivity index (χ1v) is 8.97. The fourth-order valence-electron chi connectivity index (χ4n) is 3.40. The van der Waals surface area contributed by atoms with E-state index in [1.54, 1.807) is 11.1 Å². The smallest absolute Gasteiger partial charge is 0.306 e. The molecule has 1 unspecified atom stereocenters. The third kappa shape index (κ3) is 4.69. The minimum Gasteiger partial charge on any atom is -0.481 e. The maximum Gasteiger partial charge on any atom is 0.306 e. The summed E-state index contributed by atoms with van der Waals surface area (Å²) < 4.78 is 5.42. The Morgan fingerprint density at radius 1 is 1.16 bits per heavy atom. The molecule has 1 atom stereocenters. The van der Waals surface area contributed by atoms with Crippen LogP contribution in [-0.4, -0.2) is 65.8 Å². The number of morpholine rings is 1. The Morgan fingerprint density at radius 2 is 1.92 bits per heavy atom. The molecule has 0 radical (unpaired) electrons. The van der Waals surface area contributed by atoms with E-state index in [1.165, 1.54) is 25.7 Å². The van der Waals surface area contributed by atoms with Crippen molar-refractivity contribution in [2.75, 3.05) is 37.7 Å². The average molecular weight is 347 g/mol. The molecule has 1 aromatic rings. The second kappa shape index (κ2) is 8.29. The summed E-state index contributed by atoms with van der Waals surface area (Å²) in [4.78, 5) is 31.9. The van der Waals surface area contributed by atoms with Crippen molar-refractivity contribution in [2.45, 2.75) is 38.2 Å². The molecule has 1 N–H and O–H groups in total. The Morgan fingerprint density at radius 3 is 2.56 bits per heavy atom. The van der Waals surface area contributed by atoms with Crippen LogP contribution in [0, 0.1) is 0 Å². The van der Waals surface area contributed by atoms with Crippen LogP contribution in [0.1, 0.15) is 42.5 Å². The summed E-state index contributed by atoms with van der Waals surface area (Å²) in [5, 5.41) is 8.88. The van der Waals surface area contributed by atoms with Crippen LogP contribution in [0.2, 0.25) is 0 Å². The number of pyridine rings is 1.